The number of anilines is 2. The molecule has 1 aromatic carbocycles. The monoisotopic (exact) mass is 257 g/mol. The van der Waals surface area contributed by atoms with Gasteiger partial charge in [-0.2, -0.15) is 0 Å². The smallest absolute Gasteiger partial charge is 0.151 e. The molecule has 0 aliphatic carbocycles. The van der Waals surface area contributed by atoms with Crippen molar-refractivity contribution in [3.05, 3.63) is 23.8 Å². The number of nitrogens with one attached hydrogen (secondary N) is 1. The highest BCUT2D eigenvalue weighted by atomic mass is 19.1. The van der Waals surface area contributed by atoms with Crippen molar-refractivity contribution in [2.75, 3.05) is 31.2 Å². The minimum atomic E-state index is -0.729. The summed E-state index contributed by atoms with van der Waals surface area (Å²) in [4.78, 5) is 2.18. The molecule has 0 aliphatic heterocycles. The molecule has 0 saturated heterocycles. The van der Waals surface area contributed by atoms with E-state index in [-0.39, 0.29) is 5.69 Å². The molecule has 0 spiro atoms. The SMILES string of the molecule is CCC(C)N(C)CCNc1cc(F)cc(F)c1N. The number of hydrogen-bond acceptors (Lipinski definition) is 3. The summed E-state index contributed by atoms with van der Waals surface area (Å²) in [6, 6.07) is 2.47. The molecule has 1 unspecified atom stereocenters. The van der Waals surface area contributed by atoms with Crippen molar-refractivity contribution >= 4 is 11.4 Å². The van der Waals surface area contributed by atoms with Crippen LogP contribution in [0.1, 0.15) is 20.3 Å². The Kier molecular flexibility index (Phi) is 5.34. The van der Waals surface area contributed by atoms with Crippen molar-refractivity contribution < 1.29 is 8.78 Å². The molecule has 1 aromatic rings. The van der Waals surface area contributed by atoms with Crippen LogP contribution in [0.2, 0.25) is 0 Å². The Hall–Kier alpha value is -1.36. The van der Waals surface area contributed by atoms with Crippen molar-refractivity contribution in [2.24, 2.45) is 0 Å². The minimum absolute atomic E-state index is 0.0393. The molecule has 3 N–H and O–H groups in total. The maximum atomic E-state index is 13.2. The van der Waals surface area contributed by atoms with Gasteiger partial charge in [0.15, 0.2) is 5.82 Å². The molecule has 0 aromatic heterocycles. The third kappa shape index (κ3) is 3.84. The zero-order valence-corrected chi connectivity index (χ0v) is 11.1. The van der Waals surface area contributed by atoms with E-state index in [1.54, 1.807) is 0 Å². The van der Waals surface area contributed by atoms with Crippen LogP contribution in [-0.4, -0.2) is 31.1 Å². The van der Waals surface area contributed by atoms with Crippen molar-refractivity contribution in [3.8, 4) is 0 Å². The standard InChI is InChI=1S/C13H21F2N3/c1-4-9(2)18(3)6-5-17-12-8-10(14)7-11(15)13(12)16/h7-9,17H,4-6,16H2,1-3H3. The highest BCUT2D eigenvalue weighted by molar-refractivity contribution is 5.66. The van der Waals surface area contributed by atoms with Gasteiger partial charge >= 0.3 is 0 Å². The van der Waals surface area contributed by atoms with E-state index in [2.05, 4.69) is 24.1 Å². The van der Waals surface area contributed by atoms with Gasteiger partial charge in [-0.25, -0.2) is 8.78 Å². The normalized spacial score (nSPS) is 12.8. The fraction of sp³-hybridized carbons (Fsp3) is 0.538. The van der Waals surface area contributed by atoms with E-state index in [4.69, 9.17) is 5.73 Å². The quantitative estimate of drug-likeness (QED) is 0.770. The van der Waals surface area contributed by atoms with E-state index < -0.39 is 11.6 Å². The third-order valence-corrected chi connectivity index (χ3v) is 3.22. The summed E-state index contributed by atoms with van der Waals surface area (Å²) in [5.74, 6) is -1.35. The second-order valence-electron chi connectivity index (χ2n) is 4.51. The Balaban J connectivity index is 2.54. The first kappa shape index (κ1) is 14.7. The topological polar surface area (TPSA) is 41.3 Å². The molecule has 1 atom stereocenters. The lowest BCUT2D eigenvalue weighted by atomic mass is 10.2. The zero-order valence-electron chi connectivity index (χ0n) is 11.1. The maximum absolute atomic E-state index is 13.2. The van der Waals surface area contributed by atoms with E-state index >= 15 is 0 Å². The van der Waals surface area contributed by atoms with Gasteiger partial charge in [0.2, 0.25) is 0 Å². The van der Waals surface area contributed by atoms with Crippen molar-refractivity contribution in [1.82, 2.24) is 4.90 Å². The van der Waals surface area contributed by atoms with Gasteiger partial charge in [0.25, 0.3) is 0 Å². The Morgan fingerprint density at radius 1 is 1.39 bits per heavy atom. The van der Waals surface area contributed by atoms with Crippen LogP contribution >= 0.6 is 0 Å². The third-order valence-electron chi connectivity index (χ3n) is 3.22. The summed E-state index contributed by atoms with van der Waals surface area (Å²) < 4.78 is 26.2. The number of nitrogens with two attached hydrogens (primary N) is 1. The molecular weight excluding hydrogens is 236 g/mol. The van der Waals surface area contributed by atoms with Gasteiger partial charge < -0.3 is 16.0 Å². The van der Waals surface area contributed by atoms with E-state index in [0.29, 0.717) is 18.3 Å². The van der Waals surface area contributed by atoms with Crippen LogP contribution in [-0.2, 0) is 0 Å². The first-order chi connectivity index (χ1) is 8.45. The van der Waals surface area contributed by atoms with Crippen LogP contribution < -0.4 is 11.1 Å². The number of benzene rings is 1. The van der Waals surface area contributed by atoms with Crippen LogP contribution in [0.15, 0.2) is 12.1 Å². The van der Waals surface area contributed by atoms with Gasteiger partial charge in [-0.3, -0.25) is 0 Å². The number of hydrogen-bond donors (Lipinski definition) is 2. The van der Waals surface area contributed by atoms with Gasteiger partial charge in [0, 0.05) is 25.2 Å². The fourth-order valence-corrected chi connectivity index (χ4v) is 1.63. The number of halogens is 2. The van der Waals surface area contributed by atoms with Crippen LogP contribution in [0.25, 0.3) is 0 Å². The molecule has 0 bridgehead atoms. The molecule has 5 heteroatoms. The molecule has 0 radical (unpaired) electrons. The number of rotatable bonds is 6. The van der Waals surface area contributed by atoms with Gasteiger partial charge in [0.1, 0.15) is 5.82 Å². The lowest BCUT2D eigenvalue weighted by molar-refractivity contribution is 0.261. The predicted molar refractivity (Wildman–Crippen MR) is 71.6 cm³/mol. The van der Waals surface area contributed by atoms with Crippen LogP contribution in [0.3, 0.4) is 0 Å². The summed E-state index contributed by atoms with van der Waals surface area (Å²) in [6.07, 6.45) is 1.06. The largest absolute Gasteiger partial charge is 0.395 e. The molecule has 0 amide bonds. The molecule has 0 fully saturated rings. The van der Waals surface area contributed by atoms with E-state index in [1.807, 2.05) is 7.05 Å². The molecule has 3 nitrogen and oxygen atoms in total. The Labute approximate surface area is 107 Å². The fourth-order valence-electron chi connectivity index (χ4n) is 1.63. The van der Waals surface area contributed by atoms with Crippen molar-refractivity contribution in [2.45, 2.75) is 26.3 Å². The highest BCUT2D eigenvalue weighted by Crippen LogP contribution is 2.23. The molecule has 1 rings (SSSR count). The average Bonchev–Trinajstić information content (AvgIpc) is 2.33. The first-order valence-corrected chi connectivity index (χ1v) is 6.14. The number of likely N-dealkylation sites (N-methyl/N-ethyl adjacent to an activating group) is 1. The van der Waals surface area contributed by atoms with Gasteiger partial charge in [0.05, 0.1) is 11.4 Å². The number of nitrogens with zero attached hydrogens (tertiary/aromatic N) is 1. The van der Waals surface area contributed by atoms with Gasteiger partial charge in [-0.15, -0.1) is 0 Å². The van der Waals surface area contributed by atoms with Crippen molar-refractivity contribution in [3.63, 3.8) is 0 Å². The summed E-state index contributed by atoms with van der Waals surface area (Å²) in [6.45, 7) is 5.63. The van der Waals surface area contributed by atoms with E-state index in [9.17, 15) is 8.78 Å². The first-order valence-electron chi connectivity index (χ1n) is 6.14. The van der Waals surface area contributed by atoms with Crippen molar-refractivity contribution in [1.29, 1.82) is 0 Å². The lowest BCUT2D eigenvalue weighted by Gasteiger charge is -2.23. The van der Waals surface area contributed by atoms with E-state index in [0.717, 1.165) is 19.0 Å². The lowest BCUT2D eigenvalue weighted by Crippen LogP contribution is -2.32. The second-order valence-corrected chi connectivity index (χ2v) is 4.51. The number of nitrogen functional groups attached to an aromatic ring is 1. The Morgan fingerprint density at radius 2 is 2.06 bits per heavy atom. The summed E-state index contributed by atoms with van der Waals surface area (Å²) >= 11 is 0. The zero-order chi connectivity index (χ0) is 13.7. The van der Waals surface area contributed by atoms with Crippen LogP contribution in [0.4, 0.5) is 20.2 Å². The predicted octanol–water partition coefficient (Wildman–Crippen LogP) is 2.69. The molecular formula is C13H21F2N3. The molecule has 102 valence electrons. The summed E-state index contributed by atoms with van der Waals surface area (Å²) in [5, 5.41) is 2.96. The minimum Gasteiger partial charge on any atom is -0.395 e. The molecule has 18 heavy (non-hydrogen) atoms. The van der Waals surface area contributed by atoms with Gasteiger partial charge in [-0.1, -0.05) is 6.92 Å². The molecule has 0 saturated carbocycles. The summed E-state index contributed by atoms with van der Waals surface area (Å²) in [5.41, 5.74) is 5.81. The van der Waals surface area contributed by atoms with Crippen LogP contribution in [0.5, 0.6) is 0 Å². The Morgan fingerprint density at radius 3 is 2.67 bits per heavy atom. The van der Waals surface area contributed by atoms with E-state index in [1.165, 1.54) is 6.07 Å². The molecule has 0 aliphatic rings. The summed E-state index contributed by atoms with van der Waals surface area (Å²) in [7, 11) is 2.02. The average molecular weight is 257 g/mol. The molecule has 0 heterocycles. The Bertz CT molecular complexity index is 396. The van der Waals surface area contributed by atoms with Gasteiger partial charge in [-0.05, 0) is 26.5 Å². The maximum Gasteiger partial charge on any atom is 0.151 e. The van der Waals surface area contributed by atoms with Crippen LogP contribution in [0, 0.1) is 11.6 Å². The highest BCUT2D eigenvalue weighted by Gasteiger charge is 2.09. The second kappa shape index (κ2) is 6.54.